The molecule has 1 aromatic carbocycles. The molecule has 1 aliphatic rings. The number of hydrogen-bond acceptors (Lipinski definition) is 3. The van der Waals surface area contributed by atoms with Gasteiger partial charge in [-0.15, -0.1) is 0 Å². The molecule has 1 aliphatic carbocycles. The second kappa shape index (κ2) is 6.23. The van der Waals surface area contributed by atoms with Gasteiger partial charge in [0.1, 0.15) is 0 Å². The number of aliphatic hydroxyl groups excluding tert-OH is 1. The Morgan fingerprint density at radius 3 is 2.91 bits per heavy atom. The van der Waals surface area contributed by atoms with Crippen LogP contribution in [0.2, 0.25) is 0 Å². The lowest BCUT2D eigenvalue weighted by atomic mass is 10.1. The summed E-state index contributed by atoms with van der Waals surface area (Å²) < 4.78 is 1.90. The van der Waals surface area contributed by atoms with Gasteiger partial charge in [-0.3, -0.25) is 4.68 Å². The van der Waals surface area contributed by atoms with Gasteiger partial charge in [0.05, 0.1) is 18.8 Å². The lowest BCUT2D eigenvalue weighted by Crippen LogP contribution is -2.19. The minimum atomic E-state index is 0.129. The van der Waals surface area contributed by atoms with Crippen molar-refractivity contribution >= 4 is 0 Å². The smallest absolute Gasteiger partial charge is 0.0644 e. The van der Waals surface area contributed by atoms with E-state index in [1.54, 1.807) is 0 Å². The molecule has 0 saturated carbocycles. The second-order valence-corrected chi connectivity index (χ2v) is 6.27. The Bertz CT molecular complexity index is 675. The minimum Gasteiger partial charge on any atom is -0.394 e. The summed E-state index contributed by atoms with van der Waals surface area (Å²) in [4.78, 5) is 0. The predicted molar refractivity (Wildman–Crippen MR) is 87.9 cm³/mol. The van der Waals surface area contributed by atoms with Crippen molar-refractivity contribution in [1.29, 1.82) is 0 Å². The number of nitrogens with one attached hydrogen (secondary N) is 1. The molecule has 2 aromatic rings. The van der Waals surface area contributed by atoms with Crippen molar-refractivity contribution in [2.75, 3.05) is 6.61 Å². The van der Waals surface area contributed by atoms with Crippen LogP contribution in [0.1, 0.15) is 46.1 Å². The molecule has 1 aromatic heterocycles. The molecule has 0 amide bonds. The molecule has 1 heterocycles. The van der Waals surface area contributed by atoms with Gasteiger partial charge in [0.15, 0.2) is 0 Å². The van der Waals surface area contributed by atoms with E-state index in [-0.39, 0.29) is 6.61 Å². The van der Waals surface area contributed by atoms with Crippen molar-refractivity contribution < 1.29 is 5.11 Å². The van der Waals surface area contributed by atoms with Gasteiger partial charge >= 0.3 is 0 Å². The van der Waals surface area contributed by atoms with Gasteiger partial charge < -0.3 is 10.4 Å². The summed E-state index contributed by atoms with van der Waals surface area (Å²) in [6, 6.07) is 7.22. The topological polar surface area (TPSA) is 50.1 Å². The highest BCUT2D eigenvalue weighted by Crippen LogP contribution is 2.32. The number of fused-ring (bicyclic) bond motifs is 1. The molecule has 118 valence electrons. The van der Waals surface area contributed by atoms with E-state index in [4.69, 9.17) is 5.11 Å². The molecule has 0 fully saturated rings. The Morgan fingerprint density at radius 1 is 1.32 bits per heavy atom. The van der Waals surface area contributed by atoms with Crippen molar-refractivity contribution in [3.05, 3.63) is 51.8 Å². The normalized spacial score (nSPS) is 17.0. The number of hydrogen-bond donors (Lipinski definition) is 2. The maximum atomic E-state index is 9.10. The van der Waals surface area contributed by atoms with Crippen LogP contribution < -0.4 is 5.32 Å². The fourth-order valence-corrected chi connectivity index (χ4v) is 3.49. The molecule has 0 radical (unpaired) electrons. The summed E-state index contributed by atoms with van der Waals surface area (Å²) in [7, 11) is 0. The highest BCUT2D eigenvalue weighted by molar-refractivity contribution is 5.37. The zero-order valence-electron chi connectivity index (χ0n) is 13.7. The van der Waals surface area contributed by atoms with Crippen LogP contribution in [0.5, 0.6) is 0 Å². The van der Waals surface area contributed by atoms with Crippen LogP contribution >= 0.6 is 0 Å². The first-order chi connectivity index (χ1) is 10.6. The first-order valence-corrected chi connectivity index (χ1v) is 8.06. The van der Waals surface area contributed by atoms with Crippen molar-refractivity contribution in [1.82, 2.24) is 15.1 Å². The lowest BCUT2D eigenvalue weighted by Gasteiger charge is -2.14. The molecular weight excluding hydrogens is 274 g/mol. The number of nitrogens with zero attached hydrogens (tertiary/aromatic N) is 2. The molecule has 0 bridgehead atoms. The van der Waals surface area contributed by atoms with Gasteiger partial charge in [0, 0.05) is 23.8 Å². The Balaban J connectivity index is 1.72. The van der Waals surface area contributed by atoms with Crippen molar-refractivity contribution in [2.24, 2.45) is 0 Å². The highest BCUT2D eigenvalue weighted by atomic mass is 16.3. The van der Waals surface area contributed by atoms with Crippen LogP contribution in [-0.2, 0) is 19.5 Å². The zero-order chi connectivity index (χ0) is 15.7. The summed E-state index contributed by atoms with van der Waals surface area (Å²) in [5.74, 6) is 0. The minimum absolute atomic E-state index is 0.129. The maximum absolute atomic E-state index is 9.10. The van der Waals surface area contributed by atoms with E-state index in [1.807, 2.05) is 11.6 Å². The van der Waals surface area contributed by atoms with Gasteiger partial charge in [-0.1, -0.05) is 23.8 Å². The SMILES string of the molecule is Cc1ccc2c(c1)CC[C@@H]2NCc1c(C)nn(CCO)c1C. The van der Waals surface area contributed by atoms with Gasteiger partial charge in [0.2, 0.25) is 0 Å². The number of aryl methyl sites for hydroxylation is 3. The molecule has 0 saturated heterocycles. The Morgan fingerprint density at radius 2 is 2.14 bits per heavy atom. The van der Waals surface area contributed by atoms with E-state index in [0.29, 0.717) is 12.6 Å². The quantitative estimate of drug-likeness (QED) is 0.892. The van der Waals surface area contributed by atoms with Crippen LogP contribution in [0.25, 0.3) is 0 Å². The summed E-state index contributed by atoms with van der Waals surface area (Å²) in [5, 5.41) is 17.3. The third-order valence-electron chi connectivity index (χ3n) is 4.74. The third kappa shape index (κ3) is 2.81. The molecule has 0 spiro atoms. The van der Waals surface area contributed by atoms with E-state index >= 15 is 0 Å². The van der Waals surface area contributed by atoms with Gasteiger partial charge in [-0.05, 0) is 44.7 Å². The molecule has 2 N–H and O–H groups in total. The monoisotopic (exact) mass is 299 g/mol. The van der Waals surface area contributed by atoms with E-state index < -0.39 is 0 Å². The Labute approximate surface area is 132 Å². The third-order valence-corrected chi connectivity index (χ3v) is 4.74. The number of rotatable bonds is 5. The average Bonchev–Trinajstić information content (AvgIpc) is 2.99. The molecule has 1 atom stereocenters. The van der Waals surface area contributed by atoms with Gasteiger partial charge in [-0.25, -0.2) is 0 Å². The molecule has 4 heteroatoms. The van der Waals surface area contributed by atoms with E-state index in [9.17, 15) is 0 Å². The summed E-state index contributed by atoms with van der Waals surface area (Å²) >= 11 is 0. The molecule has 3 rings (SSSR count). The van der Waals surface area contributed by atoms with E-state index in [0.717, 1.165) is 24.4 Å². The van der Waals surface area contributed by atoms with Crippen LogP contribution in [0, 0.1) is 20.8 Å². The fourth-order valence-electron chi connectivity index (χ4n) is 3.49. The standard InChI is InChI=1S/C18H25N3O/c1-12-4-6-16-15(10-12)5-7-18(16)19-11-17-13(2)20-21(8-9-22)14(17)3/h4,6,10,18-19,22H,5,7-9,11H2,1-3H3/t18-/m0/s1. The fraction of sp³-hybridized carbons (Fsp3) is 0.500. The highest BCUT2D eigenvalue weighted by Gasteiger charge is 2.22. The predicted octanol–water partition coefficient (Wildman–Crippen LogP) is 2.58. The van der Waals surface area contributed by atoms with Crippen LogP contribution in [0.15, 0.2) is 18.2 Å². The zero-order valence-corrected chi connectivity index (χ0v) is 13.7. The van der Waals surface area contributed by atoms with Crippen molar-refractivity contribution in [3.8, 4) is 0 Å². The molecular formula is C18H25N3O. The Kier molecular flexibility index (Phi) is 4.32. The van der Waals surface area contributed by atoms with Gasteiger partial charge in [0.25, 0.3) is 0 Å². The van der Waals surface area contributed by atoms with Crippen molar-refractivity contribution in [3.63, 3.8) is 0 Å². The average molecular weight is 299 g/mol. The summed E-state index contributed by atoms with van der Waals surface area (Å²) in [6.45, 7) is 7.81. The Hall–Kier alpha value is -1.65. The molecule has 22 heavy (non-hydrogen) atoms. The van der Waals surface area contributed by atoms with E-state index in [2.05, 4.69) is 42.5 Å². The van der Waals surface area contributed by atoms with Crippen LogP contribution in [-0.4, -0.2) is 21.5 Å². The molecule has 0 unspecified atom stereocenters. The van der Waals surface area contributed by atoms with Crippen molar-refractivity contribution in [2.45, 2.75) is 52.7 Å². The molecule has 4 nitrogen and oxygen atoms in total. The number of aromatic nitrogens is 2. The second-order valence-electron chi connectivity index (χ2n) is 6.27. The van der Waals surface area contributed by atoms with E-state index in [1.165, 1.54) is 28.7 Å². The number of aliphatic hydroxyl groups is 1. The first kappa shape index (κ1) is 15.3. The number of benzene rings is 1. The largest absolute Gasteiger partial charge is 0.394 e. The van der Waals surface area contributed by atoms with Crippen LogP contribution in [0.4, 0.5) is 0 Å². The lowest BCUT2D eigenvalue weighted by molar-refractivity contribution is 0.267. The van der Waals surface area contributed by atoms with Gasteiger partial charge in [-0.2, -0.15) is 5.10 Å². The maximum Gasteiger partial charge on any atom is 0.0644 e. The molecule has 0 aliphatic heterocycles. The summed E-state index contributed by atoms with van der Waals surface area (Å²) in [6.07, 6.45) is 2.33. The summed E-state index contributed by atoms with van der Waals surface area (Å²) in [5.41, 5.74) is 7.75. The van der Waals surface area contributed by atoms with Crippen LogP contribution in [0.3, 0.4) is 0 Å². The first-order valence-electron chi connectivity index (χ1n) is 8.06.